The summed E-state index contributed by atoms with van der Waals surface area (Å²) >= 11 is 0. The van der Waals surface area contributed by atoms with Crippen LogP contribution in [0.4, 0.5) is 4.39 Å². The molecule has 1 aromatic carbocycles. The van der Waals surface area contributed by atoms with Crippen molar-refractivity contribution in [2.24, 2.45) is 12.8 Å². The van der Waals surface area contributed by atoms with E-state index in [1.807, 2.05) is 6.07 Å². The lowest BCUT2D eigenvalue weighted by molar-refractivity contribution is 0.388. The number of nitrogens with two attached hydrogens (primary N) is 1. The number of aromatic nitrogens is 1. The molecule has 0 saturated carbocycles. The third-order valence-electron chi connectivity index (χ3n) is 4.07. The maximum absolute atomic E-state index is 14.3. The zero-order chi connectivity index (χ0) is 16.7. The summed E-state index contributed by atoms with van der Waals surface area (Å²) in [6.07, 6.45) is 0. The molecule has 0 radical (unpaired) electrons. The molecule has 0 amide bonds. The van der Waals surface area contributed by atoms with Crippen molar-refractivity contribution >= 4 is 0 Å². The van der Waals surface area contributed by atoms with Crippen LogP contribution < -0.4 is 16.0 Å². The Labute approximate surface area is 132 Å². The van der Waals surface area contributed by atoms with Crippen molar-refractivity contribution in [1.82, 2.24) is 4.57 Å². The molecule has 1 aliphatic heterocycles. The number of hydrogen-bond donors (Lipinski definition) is 1. The number of halogens is 1. The highest BCUT2D eigenvalue weighted by molar-refractivity contribution is 5.55. The second-order valence-electron chi connectivity index (χ2n) is 5.37. The number of aryl methyl sites for hydroxylation is 1. The summed E-state index contributed by atoms with van der Waals surface area (Å²) < 4.78 is 21.2. The molecule has 0 saturated heterocycles. The Morgan fingerprint density at radius 1 is 1.39 bits per heavy atom. The minimum absolute atomic E-state index is 0.0311. The molecule has 116 valence electrons. The summed E-state index contributed by atoms with van der Waals surface area (Å²) in [7, 11) is 1.62. The van der Waals surface area contributed by atoms with Gasteiger partial charge in [-0.25, -0.2) is 4.39 Å². The highest BCUT2D eigenvalue weighted by Gasteiger charge is 2.35. The minimum atomic E-state index is -0.885. The van der Waals surface area contributed by atoms with Crippen molar-refractivity contribution in [1.29, 1.82) is 5.26 Å². The molecule has 1 atom stereocenters. The highest BCUT2D eigenvalue weighted by atomic mass is 19.1. The number of pyridine rings is 1. The van der Waals surface area contributed by atoms with Crippen LogP contribution in [-0.4, -0.2) is 4.57 Å². The number of nitrogens with zero attached hydrogens (tertiary/aromatic N) is 2. The Morgan fingerprint density at radius 3 is 2.74 bits per heavy atom. The summed E-state index contributed by atoms with van der Waals surface area (Å²) in [5.41, 5.74) is 6.63. The first-order valence-electron chi connectivity index (χ1n) is 6.98. The predicted octanol–water partition coefficient (Wildman–Crippen LogP) is 2.05. The molecule has 1 aliphatic rings. The van der Waals surface area contributed by atoms with Crippen LogP contribution in [0, 0.1) is 24.1 Å². The van der Waals surface area contributed by atoms with Crippen molar-refractivity contribution in [3.63, 3.8) is 0 Å². The number of rotatable bonds is 1. The van der Waals surface area contributed by atoms with Gasteiger partial charge in [0.15, 0.2) is 0 Å². The molecular formula is C17H14FN3O2. The van der Waals surface area contributed by atoms with E-state index in [0.717, 1.165) is 0 Å². The molecule has 0 fully saturated rings. The van der Waals surface area contributed by atoms with Crippen LogP contribution in [0.15, 0.2) is 46.6 Å². The third-order valence-corrected chi connectivity index (χ3v) is 4.07. The van der Waals surface area contributed by atoms with Gasteiger partial charge in [0.25, 0.3) is 5.56 Å². The van der Waals surface area contributed by atoms with Gasteiger partial charge in [-0.3, -0.25) is 4.79 Å². The molecule has 0 aliphatic carbocycles. The molecule has 3 rings (SSSR count). The monoisotopic (exact) mass is 311 g/mol. The first-order valence-corrected chi connectivity index (χ1v) is 6.98. The van der Waals surface area contributed by atoms with Gasteiger partial charge in [-0.05, 0) is 13.0 Å². The first kappa shape index (κ1) is 14.9. The molecule has 0 spiro atoms. The van der Waals surface area contributed by atoms with Crippen LogP contribution in [0.2, 0.25) is 0 Å². The lowest BCUT2D eigenvalue weighted by atomic mass is 9.83. The Hall–Kier alpha value is -3.07. The highest BCUT2D eigenvalue weighted by Crippen LogP contribution is 2.41. The maximum atomic E-state index is 14.3. The average molecular weight is 311 g/mol. The lowest BCUT2D eigenvalue weighted by Gasteiger charge is -2.27. The van der Waals surface area contributed by atoms with E-state index in [0.29, 0.717) is 5.69 Å². The maximum Gasteiger partial charge on any atom is 0.258 e. The molecule has 1 unspecified atom stereocenters. The summed E-state index contributed by atoms with van der Waals surface area (Å²) in [4.78, 5) is 12.7. The van der Waals surface area contributed by atoms with Crippen molar-refractivity contribution in [2.45, 2.75) is 12.8 Å². The van der Waals surface area contributed by atoms with E-state index < -0.39 is 11.7 Å². The van der Waals surface area contributed by atoms with Crippen molar-refractivity contribution in [3.05, 3.63) is 74.8 Å². The van der Waals surface area contributed by atoms with Gasteiger partial charge in [-0.15, -0.1) is 0 Å². The number of hydrogen-bond acceptors (Lipinski definition) is 4. The molecule has 1 aromatic heterocycles. The van der Waals surface area contributed by atoms with Crippen LogP contribution in [0.25, 0.3) is 0 Å². The molecule has 2 N–H and O–H groups in total. The average Bonchev–Trinajstić information content (AvgIpc) is 2.52. The quantitative estimate of drug-likeness (QED) is 0.874. The van der Waals surface area contributed by atoms with E-state index in [1.165, 1.54) is 10.6 Å². The summed E-state index contributed by atoms with van der Waals surface area (Å²) in [6.45, 7) is 1.75. The lowest BCUT2D eigenvalue weighted by Crippen LogP contribution is -2.31. The smallest absolute Gasteiger partial charge is 0.258 e. The fraction of sp³-hybridized carbons (Fsp3) is 0.176. The van der Waals surface area contributed by atoms with Crippen molar-refractivity contribution in [2.75, 3.05) is 0 Å². The van der Waals surface area contributed by atoms with Crippen LogP contribution in [0.5, 0.6) is 5.75 Å². The largest absolute Gasteiger partial charge is 0.440 e. The fourth-order valence-electron chi connectivity index (χ4n) is 2.76. The van der Waals surface area contributed by atoms with Gasteiger partial charge >= 0.3 is 0 Å². The predicted molar refractivity (Wildman–Crippen MR) is 82.1 cm³/mol. The Morgan fingerprint density at radius 2 is 2.09 bits per heavy atom. The van der Waals surface area contributed by atoms with E-state index >= 15 is 0 Å². The standard InChI is InChI=1S/C17H14FN3O2/c1-9-7-13-15(17(22)21(9)2)14(11(8-19)16(20)23-13)10-5-3-4-6-12(10)18/h3-7,14H,20H2,1-2H3. The molecule has 2 heterocycles. The van der Waals surface area contributed by atoms with Crippen LogP contribution in [-0.2, 0) is 7.05 Å². The SMILES string of the molecule is Cc1cc2c(c(=O)n1C)C(c1ccccc1F)C(C#N)=C(N)O2. The number of nitriles is 1. The van der Waals surface area contributed by atoms with Crippen LogP contribution >= 0.6 is 0 Å². The third kappa shape index (κ3) is 2.18. The Balaban J connectivity index is 2.39. The van der Waals surface area contributed by atoms with Gasteiger partial charge < -0.3 is 15.0 Å². The van der Waals surface area contributed by atoms with Gasteiger partial charge in [0.1, 0.15) is 23.2 Å². The topological polar surface area (TPSA) is 81.0 Å². The summed E-state index contributed by atoms with van der Waals surface area (Å²) in [6, 6.07) is 9.63. The first-order chi connectivity index (χ1) is 11.0. The molecule has 5 nitrogen and oxygen atoms in total. The van der Waals surface area contributed by atoms with E-state index in [4.69, 9.17) is 10.5 Å². The van der Waals surface area contributed by atoms with E-state index in [-0.39, 0.29) is 33.9 Å². The second-order valence-corrected chi connectivity index (χ2v) is 5.37. The summed E-state index contributed by atoms with van der Waals surface area (Å²) in [5, 5.41) is 9.43. The molecular weight excluding hydrogens is 297 g/mol. The van der Waals surface area contributed by atoms with E-state index in [1.54, 1.807) is 38.2 Å². The van der Waals surface area contributed by atoms with Crippen molar-refractivity contribution in [3.8, 4) is 11.8 Å². The van der Waals surface area contributed by atoms with Gasteiger partial charge in [-0.1, -0.05) is 18.2 Å². The normalized spacial score (nSPS) is 16.5. The van der Waals surface area contributed by atoms with Crippen molar-refractivity contribution < 1.29 is 9.13 Å². The Kier molecular flexibility index (Phi) is 3.41. The zero-order valence-corrected chi connectivity index (χ0v) is 12.6. The van der Waals surface area contributed by atoms with Gasteiger partial charge in [0.2, 0.25) is 5.88 Å². The molecule has 0 bridgehead atoms. The number of ether oxygens (including phenoxy) is 1. The van der Waals surface area contributed by atoms with E-state index in [9.17, 15) is 14.4 Å². The van der Waals surface area contributed by atoms with Gasteiger partial charge in [-0.2, -0.15) is 5.26 Å². The second kappa shape index (κ2) is 5.29. The minimum Gasteiger partial charge on any atom is -0.440 e. The van der Waals surface area contributed by atoms with Gasteiger partial charge in [0, 0.05) is 24.4 Å². The number of benzene rings is 1. The number of allylic oxidation sites excluding steroid dienone is 1. The molecule has 2 aromatic rings. The van der Waals surface area contributed by atoms with Crippen LogP contribution in [0.3, 0.4) is 0 Å². The van der Waals surface area contributed by atoms with Gasteiger partial charge in [0.05, 0.1) is 11.5 Å². The number of fused-ring (bicyclic) bond motifs is 1. The molecule has 23 heavy (non-hydrogen) atoms. The zero-order valence-electron chi connectivity index (χ0n) is 12.6. The van der Waals surface area contributed by atoms with Crippen LogP contribution in [0.1, 0.15) is 22.7 Å². The molecule has 6 heteroatoms. The summed E-state index contributed by atoms with van der Waals surface area (Å²) in [5.74, 6) is -1.24. The Bertz CT molecular complexity index is 938. The fourth-order valence-corrected chi connectivity index (χ4v) is 2.76. The van der Waals surface area contributed by atoms with E-state index in [2.05, 4.69) is 0 Å².